The van der Waals surface area contributed by atoms with Gasteiger partial charge in [0.15, 0.2) is 0 Å². The van der Waals surface area contributed by atoms with Gasteiger partial charge in [0.2, 0.25) is 0 Å². The van der Waals surface area contributed by atoms with Gasteiger partial charge in [-0.05, 0) is 45.0 Å². The van der Waals surface area contributed by atoms with Gasteiger partial charge < -0.3 is 15.2 Å². The summed E-state index contributed by atoms with van der Waals surface area (Å²) in [5, 5.41) is 0. The van der Waals surface area contributed by atoms with Gasteiger partial charge in [-0.25, -0.2) is 13.6 Å². The molecule has 0 spiro atoms. The van der Waals surface area contributed by atoms with E-state index in [1.807, 2.05) is 0 Å². The van der Waals surface area contributed by atoms with Crippen LogP contribution in [-0.4, -0.2) is 30.9 Å². The smallest absolute Gasteiger partial charge is 0.338 e. The lowest BCUT2D eigenvalue weighted by Gasteiger charge is -2.19. The summed E-state index contributed by atoms with van der Waals surface area (Å²) < 4.78 is 36.3. The molecule has 22 heavy (non-hydrogen) atoms. The van der Waals surface area contributed by atoms with Crippen molar-refractivity contribution in [3.8, 4) is 5.75 Å². The minimum atomic E-state index is -1.58. The van der Waals surface area contributed by atoms with E-state index in [0.29, 0.717) is 11.3 Å². The van der Waals surface area contributed by atoms with Crippen molar-refractivity contribution in [2.24, 2.45) is 5.73 Å². The number of alkyl halides is 1. The van der Waals surface area contributed by atoms with Crippen LogP contribution in [0.1, 0.15) is 31.1 Å². The zero-order valence-corrected chi connectivity index (χ0v) is 12.9. The Bertz CT molecular complexity index is 521. The fourth-order valence-corrected chi connectivity index (χ4v) is 1.53. The molecule has 6 heteroatoms. The largest absolute Gasteiger partial charge is 0.489 e. The Labute approximate surface area is 128 Å². The van der Waals surface area contributed by atoms with E-state index >= 15 is 0 Å². The molecule has 1 aromatic rings. The van der Waals surface area contributed by atoms with Gasteiger partial charge in [0.25, 0.3) is 0 Å². The topological polar surface area (TPSA) is 61.5 Å². The number of hydrogen-bond acceptors (Lipinski definition) is 4. The van der Waals surface area contributed by atoms with Crippen LogP contribution < -0.4 is 10.5 Å². The van der Waals surface area contributed by atoms with E-state index in [2.05, 4.69) is 0 Å². The second-order valence-electron chi connectivity index (χ2n) is 5.70. The van der Waals surface area contributed by atoms with Gasteiger partial charge in [-0.15, -0.1) is 0 Å². The molecule has 0 aliphatic heterocycles. The first-order chi connectivity index (χ1) is 10.3. The number of benzene rings is 1. The van der Waals surface area contributed by atoms with Crippen molar-refractivity contribution in [2.75, 3.05) is 13.2 Å². The number of carbonyl (C=O) groups is 1. The number of halogens is 2. The molecule has 0 saturated heterocycles. The Morgan fingerprint density at radius 1 is 1.32 bits per heavy atom. The predicted molar refractivity (Wildman–Crippen MR) is 80.2 cm³/mol. The maximum absolute atomic E-state index is 13.3. The summed E-state index contributed by atoms with van der Waals surface area (Å²) in [7, 11) is 0. The van der Waals surface area contributed by atoms with E-state index in [1.165, 1.54) is 24.3 Å². The van der Waals surface area contributed by atoms with Crippen molar-refractivity contribution >= 4 is 5.97 Å². The molecule has 0 aliphatic carbocycles. The molecule has 4 nitrogen and oxygen atoms in total. The van der Waals surface area contributed by atoms with Crippen molar-refractivity contribution in [2.45, 2.75) is 32.5 Å². The first-order valence-electron chi connectivity index (χ1n) is 6.86. The van der Waals surface area contributed by atoms with Gasteiger partial charge in [-0.2, -0.15) is 0 Å². The summed E-state index contributed by atoms with van der Waals surface area (Å²) in [6, 6.07) is 6.12. The fraction of sp³-hybridized carbons (Fsp3) is 0.438. The predicted octanol–water partition coefficient (Wildman–Crippen LogP) is 3.17. The molecule has 0 amide bonds. The second-order valence-corrected chi connectivity index (χ2v) is 5.70. The van der Waals surface area contributed by atoms with E-state index in [4.69, 9.17) is 15.2 Å². The van der Waals surface area contributed by atoms with Crippen LogP contribution in [0.5, 0.6) is 5.75 Å². The van der Waals surface area contributed by atoms with Crippen molar-refractivity contribution in [1.82, 2.24) is 0 Å². The summed E-state index contributed by atoms with van der Waals surface area (Å²) in [5.41, 5.74) is 4.76. The molecule has 0 bridgehead atoms. The summed E-state index contributed by atoms with van der Waals surface area (Å²) in [6.07, 6.45) is -1.42. The third kappa shape index (κ3) is 5.81. The van der Waals surface area contributed by atoms with E-state index < -0.39 is 17.7 Å². The quantitative estimate of drug-likeness (QED) is 0.819. The Kier molecular flexibility index (Phi) is 6.49. The maximum atomic E-state index is 13.3. The molecule has 0 heterocycles. The number of carbonyl (C=O) groups excluding carboxylic acids is 1. The minimum Gasteiger partial charge on any atom is -0.489 e. The lowest BCUT2D eigenvalue weighted by atomic mass is 10.1. The number of hydrogen-bond donors (Lipinski definition) is 1. The molecule has 1 rings (SSSR count). The van der Waals surface area contributed by atoms with Crippen LogP contribution >= 0.6 is 0 Å². The Hall–Kier alpha value is -1.95. The average Bonchev–Trinajstić information content (AvgIpc) is 2.46. The molecular weight excluding hydrogens is 292 g/mol. The molecular formula is C16H21F2NO3. The lowest BCUT2D eigenvalue weighted by Crippen LogP contribution is -2.23. The van der Waals surface area contributed by atoms with Crippen LogP contribution in [0.15, 0.2) is 36.2 Å². The third-order valence-electron chi connectivity index (χ3n) is 2.64. The maximum Gasteiger partial charge on any atom is 0.338 e. The minimum absolute atomic E-state index is 0.159. The van der Waals surface area contributed by atoms with Crippen LogP contribution in [0, 0.1) is 0 Å². The van der Waals surface area contributed by atoms with Crippen molar-refractivity contribution in [1.29, 1.82) is 0 Å². The standard InChI is InChI=1S/C16H21F2NO3/c1-16(2,3)22-15(20)11-4-6-13(7-5-11)21-10-12(8-17)14(18)9-19/h4-8,14H,9-10,19H2,1-3H3/b12-8-/t14-/m0/s1. The van der Waals surface area contributed by atoms with Gasteiger partial charge in [0, 0.05) is 12.1 Å². The highest BCUT2D eigenvalue weighted by Gasteiger charge is 2.18. The lowest BCUT2D eigenvalue weighted by molar-refractivity contribution is 0.00695. The molecule has 0 aliphatic rings. The SMILES string of the molecule is CC(C)(C)OC(=O)c1ccc(OC/C(=C/F)[C@@H](F)CN)cc1. The van der Waals surface area contributed by atoms with Crippen LogP contribution in [0.3, 0.4) is 0 Å². The number of nitrogens with two attached hydrogens (primary N) is 1. The van der Waals surface area contributed by atoms with Crippen molar-refractivity contribution < 1.29 is 23.0 Å². The molecule has 1 atom stereocenters. The van der Waals surface area contributed by atoms with Gasteiger partial charge in [0.05, 0.1) is 11.9 Å². The zero-order chi connectivity index (χ0) is 16.8. The van der Waals surface area contributed by atoms with E-state index in [9.17, 15) is 13.6 Å². The Morgan fingerprint density at radius 3 is 2.36 bits per heavy atom. The molecule has 2 N–H and O–H groups in total. The fourth-order valence-electron chi connectivity index (χ4n) is 1.53. The Morgan fingerprint density at radius 2 is 1.91 bits per heavy atom. The van der Waals surface area contributed by atoms with Crippen molar-refractivity contribution in [3.05, 3.63) is 41.7 Å². The second kappa shape index (κ2) is 7.89. The number of ether oxygens (including phenoxy) is 2. The van der Waals surface area contributed by atoms with E-state index in [-0.39, 0.29) is 25.1 Å². The average molecular weight is 313 g/mol. The Balaban J connectivity index is 2.64. The highest BCUT2D eigenvalue weighted by Crippen LogP contribution is 2.17. The highest BCUT2D eigenvalue weighted by atomic mass is 19.1. The molecule has 0 saturated carbocycles. The molecule has 1 aromatic carbocycles. The van der Waals surface area contributed by atoms with Crippen LogP contribution in [0.4, 0.5) is 8.78 Å². The first-order valence-corrected chi connectivity index (χ1v) is 6.86. The van der Waals surface area contributed by atoms with Crippen molar-refractivity contribution in [3.63, 3.8) is 0 Å². The normalized spacial score (nSPS) is 13.6. The summed E-state index contributed by atoms with van der Waals surface area (Å²) in [5.74, 6) is -0.0637. The van der Waals surface area contributed by atoms with Crippen LogP contribution in [0.25, 0.3) is 0 Å². The highest BCUT2D eigenvalue weighted by molar-refractivity contribution is 5.89. The first kappa shape index (κ1) is 18.1. The van der Waals surface area contributed by atoms with Gasteiger partial charge in [-0.3, -0.25) is 0 Å². The van der Waals surface area contributed by atoms with Gasteiger partial charge >= 0.3 is 5.97 Å². The summed E-state index contributed by atoms with van der Waals surface area (Å²) in [6.45, 7) is 4.77. The van der Waals surface area contributed by atoms with E-state index in [0.717, 1.165) is 0 Å². The summed E-state index contributed by atoms with van der Waals surface area (Å²) in [4.78, 5) is 11.8. The molecule has 0 aromatic heterocycles. The molecule has 122 valence electrons. The summed E-state index contributed by atoms with van der Waals surface area (Å²) >= 11 is 0. The molecule has 0 fully saturated rings. The third-order valence-corrected chi connectivity index (χ3v) is 2.64. The van der Waals surface area contributed by atoms with Gasteiger partial charge in [-0.1, -0.05) is 0 Å². The zero-order valence-electron chi connectivity index (χ0n) is 12.9. The monoisotopic (exact) mass is 313 g/mol. The van der Waals surface area contributed by atoms with E-state index in [1.54, 1.807) is 20.8 Å². The van der Waals surface area contributed by atoms with Crippen LogP contribution in [-0.2, 0) is 4.74 Å². The molecule has 0 unspecified atom stereocenters. The van der Waals surface area contributed by atoms with Crippen LogP contribution in [0.2, 0.25) is 0 Å². The number of esters is 1. The van der Waals surface area contributed by atoms with Gasteiger partial charge in [0.1, 0.15) is 24.1 Å². The number of rotatable bonds is 6. The molecule has 0 radical (unpaired) electrons.